The van der Waals surface area contributed by atoms with Gasteiger partial charge in [0.2, 0.25) is 0 Å². The third-order valence-corrected chi connectivity index (χ3v) is 6.77. The first-order chi connectivity index (χ1) is 14.8. The van der Waals surface area contributed by atoms with E-state index in [9.17, 15) is 8.42 Å². The molecule has 0 saturated carbocycles. The molecule has 0 atom stereocenters. The number of ether oxygens (including phenoxy) is 1. The number of nitrogens with zero attached hydrogens (tertiary/aromatic N) is 2. The van der Waals surface area contributed by atoms with Crippen LogP contribution >= 0.6 is 0 Å². The minimum Gasteiger partial charge on any atom is -0.492 e. The van der Waals surface area contributed by atoms with Gasteiger partial charge in [-0.05, 0) is 57.0 Å². The fourth-order valence-corrected chi connectivity index (χ4v) is 3.83. The first kappa shape index (κ1) is 22.5. The highest BCUT2D eigenvalue weighted by molar-refractivity contribution is 7.92. The Morgan fingerprint density at radius 1 is 1.13 bits per heavy atom. The Bertz CT molecular complexity index is 1240. The van der Waals surface area contributed by atoms with Crippen LogP contribution in [-0.4, -0.2) is 36.8 Å². The zero-order valence-corrected chi connectivity index (χ0v) is 18.6. The van der Waals surface area contributed by atoms with Crippen LogP contribution in [0.4, 0.5) is 0 Å². The second-order valence-electron chi connectivity index (χ2n) is 7.22. The van der Waals surface area contributed by atoms with E-state index in [1.54, 1.807) is 44.3 Å². The number of rotatable bonds is 6. The molecule has 1 heterocycles. The SMILES string of the molecule is Cc1ncc(-c2ccc(S(=O)(=O)C(C)C)cc2)nc1C#Cc1cccc(OCCN)c1.[HH].[HH]. The lowest BCUT2D eigenvalue weighted by atomic mass is 10.1. The van der Waals surface area contributed by atoms with Gasteiger partial charge >= 0.3 is 0 Å². The zero-order chi connectivity index (χ0) is 22.4. The molecule has 0 aliphatic heterocycles. The third-order valence-electron chi connectivity index (χ3n) is 4.60. The van der Waals surface area contributed by atoms with E-state index in [1.165, 1.54) is 0 Å². The molecule has 3 rings (SSSR count). The van der Waals surface area contributed by atoms with Crippen LogP contribution < -0.4 is 10.5 Å². The lowest BCUT2D eigenvalue weighted by Gasteiger charge is -2.09. The number of sulfone groups is 1. The highest BCUT2D eigenvalue weighted by Gasteiger charge is 2.19. The van der Waals surface area contributed by atoms with E-state index in [4.69, 9.17) is 10.5 Å². The van der Waals surface area contributed by atoms with E-state index in [0.29, 0.717) is 40.9 Å². The van der Waals surface area contributed by atoms with Crippen LogP contribution in [0.25, 0.3) is 11.3 Å². The fraction of sp³-hybridized carbons (Fsp3) is 0.250. The lowest BCUT2D eigenvalue weighted by Crippen LogP contribution is -2.13. The Kier molecular flexibility index (Phi) is 7.06. The maximum Gasteiger partial charge on any atom is 0.180 e. The summed E-state index contributed by atoms with van der Waals surface area (Å²) in [6.45, 7) is 6.07. The summed E-state index contributed by atoms with van der Waals surface area (Å²) in [4.78, 5) is 9.32. The monoisotopic (exact) mass is 439 g/mol. The summed E-state index contributed by atoms with van der Waals surface area (Å²) in [6.07, 6.45) is 1.66. The smallest absolute Gasteiger partial charge is 0.180 e. The van der Waals surface area contributed by atoms with Crippen molar-refractivity contribution in [1.82, 2.24) is 9.97 Å². The predicted octanol–water partition coefficient (Wildman–Crippen LogP) is 3.86. The minimum atomic E-state index is -3.32. The molecule has 1 aromatic heterocycles. The molecule has 0 radical (unpaired) electrons. The van der Waals surface area contributed by atoms with E-state index in [-0.39, 0.29) is 2.85 Å². The molecule has 164 valence electrons. The maximum atomic E-state index is 12.3. The van der Waals surface area contributed by atoms with Crippen LogP contribution in [0.3, 0.4) is 0 Å². The molecule has 3 aromatic rings. The van der Waals surface area contributed by atoms with Crippen LogP contribution in [-0.2, 0) is 9.84 Å². The first-order valence-corrected chi connectivity index (χ1v) is 11.5. The van der Waals surface area contributed by atoms with Crippen molar-refractivity contribution in [2.45, 2.75) is 30.9 Å². The van der Waals surface area contributed by atoms with Crippen LogP contribution in [0, 0.1) is 18.8 Å². The van der Waals surface area contributed by atoms with Gasteiger partial charge in [-0.1, -0.05) is 24.1 Å². The van der Waals surface area contributed by atoms with Crippen molar-refractivity contribution in [3.63, 3.8) is 0 Å². The van der Waals surface area contributed by atoms with Gasteiger partial charge < -0.3 is 10.5 Å². The average Bonchev–Trinajstić information content (AvgIpc) is 2.77. The summed E-state index contributed by atoms with van der Waals surface area (Å²) < 4.78 is 30.2. The standard InChI is InChI=1S/C24H25N3O3S.2H2/c1-17(2)31(28,29)22-10-8-20(9-11-22)24-16-26-18(3)23(27-24)12-7-19-5-4-6-21(15-19)30-14-13-25;;/h4-6,8-11,15-17H,13-14,25H2,1-3H3;2*1H. The Morgan fingerprint density at radius 2 is 1.87 bits per heavy atom. The van der Waals surface area contributed by atoms with Crippen molar-refractivity contribution in [3.8, 4) is 28.8 Å². The quantitative estimate of drug-likeness (QED) is 0.586. The van der Waals surface area contributed by atoms with E-state index < -0.39 is 15.1 Å². The van der Waals surface area contributed by atoms with Gasteiger partial charge in [0.25, 0.3) is 0 Å². The van der Waals surface area contributed by atoms with Gasteiger partial charge in [-0.2, -0.15) is 0 Å². The van der Waals surface area contributed by atoms with Crippen molar-refractivity contribution < 1.29 is 16.0 Å². The van der Waals surface area contributed by atoms with Crippen LogP contribution in [0.15, 0.2) is 59.6 Å². The number of aryl methyl sites for hydroxylation is 1. The van der Waals surface area contributed by atoms with Crippen molar-refractivity contribution in [3.05, 3.63) is 71.7 Å². The second-order valence-corrected chi connectivity index (χ2v) is 9.73. The molecule has 2 N–H and O–H groups in total. The predicted molar refractivity (Wildman–Crippen MR) is 126 cm³/mol. The van der Waals surface area contributed by atoms with Gasteiger partial charge in [0.1, 0.15) is 18.1 Å². The second kappa shape index (κ2) is 9.73. The van der Waals surface area contributed by atoms with Gasteiger partial charge in [-0.3, -0.25) is 4.98 Å². The first-order valence-electron chi connectivity index (χ1n) is 9.94. The van der Waals surface area contributed by atoms with Crippen molar-refractivity contribution in [1.29, 1.82) is 0 Å². The zero-order valence-electron chi connectivity index (χ0n) is 17.8. The normalized spacial score (nSPS) is 11.1. The topological polar surface area (TPSA) is 95.2 Å². The minimum absolute atomic E-state index is 0. The molecule has 7 heteroatoms. The van der Waals surface area contributed by atoms with Crippen molar-refractivity contribution in [2.75, 3.05) is 13.2 Å². The fourth-order valence-electron chi connectivity index (χ4n) is 2.77. The van der Waals surface area contributed by atoms with Gasteiger partial charge in [-0.25, -0.2) is 13.4 Å². The Morgan fingerprint density at radius 3 is 2.55 bits per heavy atom. The summed E-state index contributed by atoms with van der Waals surface area (Å²) in [5.41, 5.74) is 8.94. The van der Waals surface area contributed by atoms with E-state index >= 15 is 0 Å². The van der Waals surface area contributed by atoms with Gasteiger partial charge in [0.15, 0.2) is 9.84 Å². The summed E-state index contributed by atoms with van der Waals surface area (Å²) in [6, 6.07) is 14.2. The van der Waals surface area contributed by atoms with Crippen molar-refractivity contribution in [2.24, 2.45) is 5.73 Å². The van der Waals surface area contributed by atoms with Crippen LogP contribution in [0.1, 0.15) is 33.7 Å². The average molecular weight is 440 g/mol. The van der Waals surface area contributed by atoms with Crippen molar-refractivity contribution >= 4 is 9.84 Å². The highest BCUT2D eigenvalue weighted by Crippen LogP contribution is 2.22. The number of aromatic nitrogens is 2. The number of hydrogen-bond donors (Lipinski definition) is 1. The van der Waals surface area contributed by atoms with Gasteiger partial charge in [0.05, 0.1) is 27.7 Å². The third kappa shape index (κ3) is 5.48. The van der Waals surface area contributed by atoms with E-state index in [1.807, 2.05) is 31.2 Å². The molecule has 2 aromatic carbocycles. The molecule has 0 aliphatic rings. The molecule has 0 fully saturated rings. The Balaban J connectivity index is 0.00000272. The molecule has 0 unspecified atom stereocenters. The molecule has 0 aliphatic carbocycles. The summed E-state index contributed by atoms with van der Waals surface area (Å²) in [7, 11) is -3.32. The maximum absolute atomic E-state index is 12.3. The van der Waals surface area contributed by atoms with Crippen LogP contribution in [0.2, 0.25) is 0 Å². The molecule has 31 heavy (non-hydrogen) atoms. The highest BCUT2D eigenvalue weighted by atomic mass is 32.2. The Hall–Kier alpha value is -3.21. The van der Waals surface area contributed by atoms with Gasteiger partial charge in [0, 0.05) is 20.5 Å². The molecular formula is C24H29N3O3S. The van der Waals surface area contributed by atoms with E-state index in [2.05, 4.69) is 21.8 Å². The summed E-state index contributed by atoms with van der Waals surface area (Å²) in [5.74, 6) is 6.88. The molecular weight excluding hydrogens is 410 g/mol. The largest absolute Gasteiger partial charge is 0.492 e. The summed E-state index contributed by atoms with van der Waals surface area (Å²) >= 11 is 0. The molecule has 0 amide bonds. The van der Waals surface area contributed by atoms with E-state index in [0.717, 1.165) is 11.1 Å². The number of hydrogen-bond acceptors (Lipinski definition) is 6. The molecule has 6 nitrogen and oxygen atoms in total. The lowest BCUT2D eigenvalue weighted by molar-refractivity contribution is 0.328. The van der Waals surface area contributed by atoms with Gasteiger partial charge in [-0.15, -0.1) is 0 Å². The number of nitrogens with two attached hydrogens (primary N) is 1. The molecule has 0 saturated heterocycles. The molecule has 0 bridgehead atoms. The number of benzene rings is 2. The van der Waals surface area contributed by atoms with Crippen LogP contribution in [0.5, 0.6) is 5.75 Å². The Labute approximate surface area is 186 Å². The molecule has 0 spiro atoms. The summed E-state index contributed by atoms with van der Waals surface area (Å²) in [5, 5.41) is -0.474.